The molecule has 0 atom stereocenters. The summed E-state index contributed by atoms with van der Waals surface area (Å²) in [5.41, 5.74) is 1.56. The van der Waals surface area contributed by atoms with Crippen LogP contribution in [0.3, 0.4) is 0 Å². The molecule has 0 aromatic carbocycles. The van der Waals surface area contributed by atoms with E-state index >= 15 is 0 Å². The molecule has 1 saturated heterocycles. The Bertz CT molecular complexity index is 232. The molecule has 2 rings (SSSR count). The van der Waals surface area contributed by atoms with Gasteiger partial charge in [-0.1, -0.05) is 23.8 Å². The predicted molar refractivity (Wildman–Crippen MR) is 61.0 cm³/mol. The summed E-state index contributed by atoms with van der Waals surface area (Å²) < 4.78 is 0. The molecule has 0 unspecified atom stereocenters. The standard InChI is InChI=1S/C13H20N/c1-14-9-7-13(8-10-14)11-12-5-3-2-4-6-12/h2-3,5-6,13H,4,7-11H2,1H3. The van der Waals surface area contributed by atoms with E-state index in [2.05, 4.69) is 36.6 Å². The second-order valence-electron chi connectivity index (χ2n) is 4.56. The first-order chi connectivity index (χ1) is 6.84. The fourth-order valence-electron chi connectivity index (χ4n) is 2.31. The van der Waals surface area contributed by atoms with Crippen molar-refractivity contribution in [3.8, 4) is 0 Å². The lowest BCUT2D eigenvalue weighted by Crippen LogP contribution is -2.30. The molecular weight excluding hydrogens is 170 g/mol. The molecule has 1 heteroatoms. The molecule has 1 aliphatic heterocycles. The summed E-state index contributed by atoms with van der Waals surface area (Å²) in [4.78, 5) is 2.44. The Kier molecular flexibility index (Phi) is 3.41. The van der Waals surface area contributed by atoms with Crippen molar-refractivity contribution in [2.45, 2.75) is 25.7 Å². The number of nitrogens with zero attached hydrogens (tertiary/aromatic N) is 1. The Balaban J connectivity index is 1.80. The molecule has 2 aliphatic rings. The predicted octanol–water partition coefficient (Wildman–Crippen LogP) is 2.81. The Labute approximate surface area is 87.5 Å². The molecule has 1 nitrogen and oxygen atoms in total. The van der Waals surface area contributed by atoms with Crippen molar-refractivity contribution >= 4 is 0 Å². The van der Waals surface area contributed by atoms with Gasteiger partial charge in [0.2, 0.25) is 0 Å². The van der Waals surface area contributed by atoms with Gasteiger partial charge < -0.3 is 4.90 Å². The molecule has 1 radical (unpaired) electrons. The van der Waals surface area contributed by atoms with Crippen LogP contribution in [0.2, 0.25) is 0 Å². The van der Waals surface area contributed by atoms with Crippen LogP contribution in [0.1, 0.15) is 25.7 Å². The summed E-state index contributed by atoms with van der Waals surface area (Å²) in [6.45, 7) is 2.57. The minimum Gasteiger partial charge on any atom is -0.306 e. The van der Waals surface area contributed by atoms with Gasteiger partial charge in [-0.3, -0.25) is 0 Å². The number of piperidine rings is 1. The molecule has 0 saturated carbocycles. The van der Waals surface area contributed by atoms with Crippen molar-refractivity contribution in [1.82, 2.24) is 4.90 Å². The lowest BCUT2D eigenvalue weighted by Gasteiger charge is -2.29. The second-order valence-corrected chi connectivity index (χ2v) is 4.56. The van der Waals surface area contributed by atoms with Gasteiger partial charge in [0.05, 0.1) is 0 Å². The van der Waals surface area contributed by atoms with Crippen LogP contribution in [0.5, 0.6) is 0 Å². The summed E-state index contributed by atoms with van der Waals surface area (Å²) in [6.07, 6.45) is 14.3. The molecular formula is C13H20N. The minimum atomic E-state index is 0.931. The summed E-state index contributed by atoms with van der Waals surface area (Å²) >= 11 is 0. The van der Waals surface area contributed by atoms with Crippen LogP contribution in [-0.4, -0.2) is 25.0 Å². The van der Waals surface area contributed by atoms with Crippen LogP contribution in [0, 0.1) is 12.3 Å². The average molecular weight is 190 g/mol. The molecule has 14 heavy (non-hydrogen) atoms. The minimum absolute atomic E-state index is 0.931. The zero-order valence-corrected chi connectivity index (χ0v) is 9.08. The van der Waals surface area contributed by atoms with E-state index in [0.717, 1.165) is 12.3 Å². The van der Waals surface area contributed by atoms with Crippen molar-refractivity contribution in [1.29, 1.82) is 0 Å². The molecule has 1 fully saturated rings. The van der Waals surface area contributed by atoms with E-state index < -0.39 is 0 Å². The lowest BCUT2D eigenvalue weighted by atomic mass is 9.88. The number of rotatable bonds is 2. The van der Waals surface area contributed by atoms with Crippen molar-refractivity contribution in [3.05, 3.63) is 30.2 Å². The molecule has 0 N–H and O–H groups in total. The Morgan fingerprint density at radius 2 is 2.14 bits per heavy atom. The highest BCUT2D eigenvalue weighted by atomic mass is 15.1. The largest absolute Gasteiger partial charge is 0.306 e. The van der Waals surface area contributed by atoms with Gasteiger partial charge >= 0.3 is 0 Å². The number of likely N-dealkylation sites (tertiary alicyclic amines) is 1. The number of allylic oxidation sites excluding steroid dienone is 4. The van der Waals surface area contributed by atoms with Crippen LogP contribution in [0.15, 0.2) is 23.8 Å². The van der Waals surface area contributed by atoms with Crippen LogP contribution in [0.25, 0.3) is 0 Å². The highest BCUT2D eigenvalue weighted by Gasteiger charge is 2.17. The summed E-state index contributed by atoms with van der Waals surface area (Å²) in [5, 5.41) is 0. The van der Waals surface area contributed by atoms with Crippen molar-refractivity contribution in [2.75, 3.05) is 20.1 Å². The van der Waals surface area contributed by atoms with E-state index in [4.69, 9.17) is 0 Å². The average Bonchev–Trinajstić information content (AvgIpc) is 2.23. The van der Waals surface area contributed by atoms with Crippen LogP contribution in [-0.2, 0) is 0 Å². The Morgan fingerprint density at radius 1 is 1.36 bits per heavy atom. The summed E-state index contributed by atoms with van der Waals surface area (Å²) in [5.74, 6) is 0.931. The van der Waals surface area contributed by atoms with Gasteiger partial charge in [0, 0.05) is 0 Å². The SMILES string of the molecule is CN1CCC(CC2=CC[CH]C=C2)CC1. The topological polar surface area (TPSA) is 3.24 Å². The van der Waals surface area contributed by atoms with Crippen LogP contribution >= 0.6 is 0 Å². The zero-order valence-electron chi connectivity index (χ0n) is 9.08. The summed E-state index contributed by atoms with van der Waals surface area (Å²) in [7, 11) is 2.23. The van der Waals surface area contributed by atoms with Crippen molar-refractivity contribution in [3.63, 3.8) is 0 Å². The van der Waals surface area contributed by atoms with Gasteiger partial charge in [0.1, 0.15) is 0 Å². The Hall–Kier alpha value is -0.560. The van der Waals surface area contributed by atoms with Gasteiger partial charge in [-0.25, -0.2) is 0 Å². The number of hydrogen-bond acceptors (Lipinski definition) is 1. The maximum absolute atomic E-state index is 2.44. The van der Waals surface area contributed by atoms with E-state index in [1.165, 1.54) is 32.4 Å². The van der Waals surface area contributed by atoms with Crippen molar-refractivity contribution in [2.24, 2.45) is 5.92 Å². The first-order valence-corrected chi connectivity index (χ1v) is 5.72. The first-order valence-electron chi connectivity index (χ1n) is 5.72. The highest BCUT2D eigenvalue weighted by Crippen LogP contribution is 2.25. The molecule has 0 aromatic rings. The maximum Gasteiger partial charge on any atom is -0.00190 e. The first kappa shape index (κ1) is 9.97. The third-order valence-electron chi connectivity index (χ3n) is 3.33. The lowest BCUT2D eigenvalue weighted by molar-refractivity contribution is 0.219. The molecule has 0 amide bonds. The normalized spacial score (nSPS) is 25.1. The van der Waals surface area contributed by atoms with E-state index in [9.17, 15) is 0 Å². The van der Waals surface area contributed by atoms with Crippen molar-refractivity contribution < 1.29 is 0 Å². The fraction of sp³-hybridized carbons (Fsp3) is 0.615. The van der Waals surface area contributed by atoms with Gasteiger partial charge in [-0.2, -0.15) is 0 Å². The molecule has 1 heterocycles. The maximum atomic E-state index is 2.44. The fourth-order valence-corrected chi connectivity index (χ4v) is 2.31. The molecule has 0 bridgehead atoms. The Morgan fingerprint density at radius 3 is 2.79 bits per heavy atom. The second kappa shape index (κ2) is 4.79. The van der Waals surface area contributed by atoms with Crippen LogP contribution in [0.4, 0.5) is 0 Å². The molecule has 0 aromatic heterocycles. The molecule has 77 valence electrons. The van der Waals surface area contributed by atoms with Gasteiger partial charge in [-0.15, -0.1) is 0 Å². The quantitative estimate of drug-likeness (QED) is 0.647. The third-order valence-corrected chi connectivity index (χ3v) is 3.33. The highest BCUT2D eigenvalue weighted by molar-refractivity contribution is 5.26. The van der Waals surface area contributed by atoms with E-state index in [0.29, 0.717) is 0 Å². The van der Waals surface area contributed by atoms with E-state index in [1.54, 1.807) is 5.57 Å². The molecule has 1 aliphatic carbocycles. The summed E-state index contributed by atoms with van der Waals surface area (Å²) in [6, 6.07) is 0. The van der Waals surface area contributed by atoms with Crippen LogP contribution < -0.4 is 0 Å². The molecule has 0 spiro atoms. The van der Waals surface area contributed by atoms with Gasteiger partial charge in [0.25, 0.3) is 0 Å². The monoisotopic (exact) mass is 190 g/mol. The van der Waals surface area contributed by atoms with Gasteiger partial charge in [-0.05, 0) is 58.2 Å². The van der Waals surface area contributed by atoms with E-state index in [1.807, 2.05) is 0 Å². The van der Waals surface area contributed by atoms with E-state index in [-0.39, 0.29) is 0 Å². The third kappa shape index (κ3) is 2.71. The number of hydrogen-bond donors (Lipinski definition) is 0. The zero-order chi connectivity index (χ0) is 9.80. The van der Waals surface area contributed by atoms with Gasteiger partial charge in [0.15, 0.2) is 0 Å². The smallest absolute Gasteiger partial charge is 0.00190 e.